The van der Waals surface area contributed by atoms with Gasteiger partial charge in [0.25, 0.3) is 0 Å². The highest BCUT2D eigenvalue weighted by Crippen LogP contribution is 2.16. The molecular weight excluding hydrogens is 248 g/mol. The van der Waals surface area contributed by atoms with Gasteiger partial charge in [0.1, 0.15) is 0 Å². The fourth-order valence-corrected chi connectivity index (χ4v) is 1.96. The van der Waals surface area contributed by atoms with Crippen LogP contribution in [0.15, 0.2) is 30.3 Å². The molecular formula is C17H28N2O. The molecule has 0 spiro atoms. The third-order valence-corrected chi connectivity index (χ3v) is 3.26. The van der Waals surface area contributed by atoms with Gasteiger partial charge in [-0.25, -0.2) is 0 Å². The molecule has 0 unspecified atom stereocenters. The van der Waals surface area contributed by atoms with Gasteiger partial charge in [-0.15, -0.1) is 0 Å². The Kier molecular flexibility index (Phi) is 6.73. The lowest BCUT2D eigenvalue weighted by molar-refractivity contribution is -0.122. The van der Waals surface area contributed by atoms with Crippen molar-refractivity contribution in [3.05, 3.63) is 35.9 Å². The van der Waals surface area contributed by atoms with Crippen LogP contribution in [0.25, 0.3) is 0 Å². The van der Waals surface area contributed by atoms with Crippen molar-refractivity contribution in [2.45, 2.75) is 40.7 Å². The van der Waals surface area contributed by atoms with E-state index in [-0.39, 0.29) is 11.3 Å². The van der Waals surface area contributed by atoms with Crippen LogP contribution in [0.5, 0.6) is 0 Å². The first-order chi connectivity index (χ1) is 9.40. The average Bonchev–Trinajstić information content (AvgIpc) is 2.37. The van der Waals surface area contributed by atoms with Crippen molar-refractivity contribution in [2.75, 3.05) is 19.6 Å². The van der Waals surface area contributed by atoms with Crippen LogP contribution in [0.2, 0.25) is 0 Å². The first kappa shape index (κ1) is 16.7. The molecule has 1 aromatic carbocycles. The summed E-state index contributed by atoms with van der Waals surface area (Å²) in [5.74, 6) is 0.118. The third-order valence-electron chi connectivity index (χ3n) is 3.26. The minimum absolute atomic E-state index is 0.118. The second-order valence-electron chi connectivity index (χ2n) is 6.45. The summed E-state index contributed by atoms with van der Waals surface area (Å²) < 4.78 is 0. The summed E-state index contributed by atoms with van der Waals surface area (Å²) in [6.07, 6.45) is 1.00. The summed E-state index contributed by atoms with van der Waals surface area (Å²) in [4.78, 5) is 14.1. The molecule has 0 radical (unpaired) electrons. The lowest BCUT2D eigenvalue weighted by Crippen LogP contribution is -2.37. The Bertz CT molecular complexity index is 395. The van der Waals surface area contributed by atoms with Crippen LogP contribution < -0.4 is 5.32 Å². The predicted molar refractivity (Wildman–Crippen MR) is 84.5 cm³/mol. The highest BCUT2D eigenvalue weighted by molar-refractivity contribution is 5.77. The van der Waals surface area contributed by atoms with E-state index in [2.05, 4.69) is 50.0 Å². The van der Waals surface area contributed by atoms with Crippen molar-refractivity contribution in [1.82, 2.24) is 10.2 Å². The number of hydrogen-bond acceptors (Lipinski definition) is 2. The molecule has 1 aromatic rings. The number of hydrogen-bond donors (Lipinski definition) is 1. The van der Waals surface area contributed by atoms with Gasteiger partial charge in [-0.2, -0.15) is 0 Å². The fraction of sp³-hybridized carbons (Fsp3) is 0.588. The smallest absolute Gasteiger partial charge is 0.234 e. The maximum absolute atomic E-state index is 11.9. The van der Waals surface area contributed by atoms with Crippen LogP contribution >= 0.6 is 0 Å². The maximum atomic E-state index is 11.9. The van der Waals surface area contributed by atoms with Crippen LogP contribution in [0, 0.1) is 5.41 Å². The third kappa shape index (κ3) is 7.29. The first-order valence-corrected chi connectivity index (χ1v) is 7.43. The topological polar surface area (TPSA) is 32.3 Å². The molecule has 0 aromatic heterocycles. The SMILES string of the molecule is CCN(CC(=O)NCCC(C)(C)C)Cc1ccccc1. The molecule has 20 heavy (non-hydrogen) atoms. The largest absolute Gasteiger partial charge is 0.355 e. The van der Waals surface area contributed by atoms with E-state index in [1.54, 1.807) is 0 Å². The molecule has 0 aliphatic rings. The average molecular weight is 276 g/mol. The number of nitrogens with one attached hydrogen (secondary N) is 1. The number of benzene rings is 1. The molecule has 0 fully saturated rings. The molecule has 112 valence electrons. The fourth-order valence-electron chi connectivity index (χ4n) is 1.96. The van der Waals surface area contributed by atoms with Crippen LogP contribution in [0.4, 0.5) is 0 Å². The summed E-state index contributed by atoms with van der Waals surface area (Å²) in [5.41, 5.74) is 1.51. The molecule has 0 heterocycles. The molecule has 0 aliphatic heterocycles. The number of carbonyl (C=O) groups excluding carboxylic acids is 1. The van der Waals surface area contributed by atoms with Crippen LogP contribution in [0.1, 0.15) is 39.7 Å². The number of amides is 1. The van der Waals surface area contributed by atoms with Crippen molar-refractivity contribution >= 4 is 5.91 Å². The summed E-state index contributed by atoms with van der Waals surface area (Å²) in [6, 6.07) is 10.3. The predicted octanol–water partition coefficient (Wildman–Crippen LogP) is 3.06. The Morgan fingerprint density at radius 2 is 1.85 bits per heavy atom. The van der Waals surface area contributed by atoms with E-state index >= 15 is 0 Å². The molecule has 1 rings (SSSR count). The highest BCUT2D eigenvalue weighted by Gasteiger charge is 2.12. The van der Waals surface area contributed by atoms with Crippen molar-refractivity contribution in [3.63, 3.8) is 0 Å². The molecule has 1 amide bonds. The molecule has 0 saturated heterocycles. The van der Waals surface area contributed by atoms with Crippen LogP contribution in [0.3, 0.4) is 0 Å². The van der Waals surface area contributed by atoms with E-state index < -0.39 is 0 Å². The molecule has 0 atom stereocenters. The highest BCUT2D eigenvalue weighted by atomic mass is 16.2. The first-order valence-electron chi connectivity index (χ1n) is 7.43. The summed E-state index contributed by atoms with van der Waals surface area (Å²) in [5, 5.41) is 3.01. The molecule has 0 saturated carbocycles. The van der Waals surface area contributed by atoms with Crippen molar-refractivity contribution in [2.24, 2.45) is 5.41 Å². The maximum Gasteiger partial charge on any atom is 0.234 e. The normalized spacial score (nSPS) is 11.7. The number of rotatable bonds is 7. The Balaban J connectivity index is 2.34. The zero-order chi connectivity index (χ0) is 15.0. The summed E-state index contributed by atoms with van der Waals surface area (Å²) in [6.45, 7) is 11.6. The van der Waals surface area contributed by atoms with Gasteiger partial charge in [0.15, 0.2) is 0 Å². The van der Waals surface area contributed by atoms with Gasteiger partial charge in [-0.3, -0.25) is 9.69 Å². The Morgan fingerprint density at radius 3 is 2.40 bits per heavy atom. The zero-order valence-corrected chi connectivity index (χ0v) is 13.3. The van der Waals surface area contributed by atoms with Gasteiger partial charge in [0.05, 0.1) is 6.54 Å². The quantitative estimate of drug-likeness (QED) is 0.830. The van der Waals surface area contributed by atoms with E-state index in [9.17, 15) is 4.79 Å². The molecule has 1 N–H and O–H groups in total. The van der Waals surface area contributed by atoms with E-state index in [1.165, 1.54) is 5.56 Å². The van der Waals surface area contributed by atoms with Crippen LogP contribution in [-0.4, -0.2) is 30.4 Å². The van der Waals surface area contributed by atoms with E-state index in [4.69, 9.17) is 0 Å². The van der Waals surface area contributed by atoms with Gasteiger partial charge in [-0.05, 0) is 23.9 Å². The minimum Gasteiger partial charge on any atom is -0.355 e. The Morgan fingerprint density at radius 1 is 1.20 bits per heavy atom. The van der Waals surface area contributed by atoms with E-state index in [1.807, 2.05) is 18.2 Å². The lowest BCUT2D eigenvalue weighted by Gasteiger charge is -2.21. The standard InChI is InChI=1S/C17H28N2O/c1-5-19(13-15-9-7-6-8-10-15)14-16(20)18-12-11-17(2,3)4/h6-10H,5,11-14H2,1-4H3,(H,18,20). The van der Waals surface area contributed by atoms with Crippen molar-refractivity contribution in [3.8, 4) is 0 Å². The van der Waals surface area contributed by atoms with E-state index in [0.29, 0.717) is 6.54 Å². The number of nitrogens with zero attached hydrogens (tertiary/aromatic N) is 1. The van der Waals surface area contributed by atoms with Crippen LogP contribution in [-0.2, 0) is 11.3 Å². The van der Waals surface area contributed by atoms with Crippen molar-refractivity contribution < 1.29 is 4.79 Å². The Labute approximate surface area is 123 Å². The zero-order valence-electron chi connectivity index (χ0n) is 13.3. The van der Waals surface area contributed by atoms with Gasteiger partial charge in [-0.1, -0.05) is 58.0 Å². The Hall–Kier alpha value is -1.35. The molecule has 0 aliphatic carbocycles. The lowest BCUT2D eigenvalue weighted by atomic mass is 9.92. The number of likely N-dealkylation sites (N-methyl/N-ethyl adjacent to an activating group) is 1. The molecule has 3 heteroatoms. The molecule has 3 nitrogen and oxygen atoms in total. The number of carbonyl (C=O) groups is 1. The van der Waals surface area contributed by atoms with Gasteiger partial charge in [0, 0.05) is 13.1 Å². The second kappa shape index (κ2) is 8.05. The summed E-state index contributed by atoms with van der Waals surface area (Å²) >= 11 is 0. The summed E-state index contributed by atoms with van der Waals surface area (Å²) in [7, 11) is 0. The van der Waals surface area contributed by atoms with Gasteiger partial charge >= 0.3 is 0 Å². The monoisotopic (exact) mass is 276 g/mol. The molecule has 0 bridgehead atoms. The van der Waals surface area contributed by atoms with Crippen molar-refractivity contribution in [1.29, 1.82) is 0 Å². The van der Waals surface area contributed by atoms with Gasteiger partial charge < -0.3 is 5.32 Å². The second-order valence-corrected chi connectivity index (χ2v) is 6.45. The minimum atomic E-state index is 0.118. The van der Waals surface area contributed by atoms with Gasteiger partial charge in [0.2, 0.25) is 5.91 Å². The van der Waals surface area contributed by atoms with E-state index in [0.717, 1.165) is 26.1 Å².